The fourth-order valence-corrected chi connectivity index (χ4v) is 7.52. The summed E-state index contributed by atoms with van der Waals surface area (Å²) in [4.78, 5) is 15.2. The van der Waals surface area contributed by atoms with Gasteiger partial charge in [0.05, 0.1) is 27.7 Å². The molecule has 5 nitrogen and oxygen atoms in total. The molecule has 0 N–H and O–H groups in total. The Hall–Kier alpha value is -7.63. The molecule has 3 heterocycles. The van der Waals surface area contributed by atoms with Crippen molar-refractivity contribution in [1.82, 2.24) is 19.5 Å². The molecule has 0 unspecified atom stereocenters. The lowest BCUT2D eigenvalue weighted by molar-refractivity contribution is 0.670. The van der Waals surface area contributed by atoms with Gasteiger partial charge >= 0.3 is 0 Å². The summed E-state index contributed by atoms with van der Waals surface area (Å²) in [6, 6.07) is 42.8. The number of hydrogen-bond acceptors (Lipinski definition) is 4. The maximum Gasteiger partial charge on any atom is 0.166 e. The van der Waals surface area contributed by atoms with Crippen LogP contribution in [0, 0.1) is 0 Å². The number of nitrogens with zero attached hydrogens (tertiary/aromatic N) is 4. The van der Waals surface area contributed by atoms with Crippen LogP contribution in [0.1, 0.15) is 11.0 Å². The standard InChI is InChI=1S/C51H32N4O/c1-3-15-33(16-4-1)35-19-13-20-37(31-35)50-52-49(34-17-5-2-6-18-34)53-51(54-50)43-30-29-36(38-24-14-25-42-41-23-9-12-28-47(41)56-48(38)42)32-46(43)55-44-26-10-7-21-39(44)40-22-8-11-27-45(40)55/h1-32H/i7D,8D,10D,11D,21D,22D,26D,27D. The van der Waals surface area contributed by atoms with E-state index in [4.69, 9.17) is 27.6 Å². The van der Waals surface area contributed by atoms with Gasteiger partial charge in [-0.25, -0.2) is 15.0 Å². The van der Waals surface area contributed by atoms with Crippen molar-refractivity contribution >= 4 is 43.7 Å². The molecule has 0 aliphatic heterocycles. The summed E-state index contributed by atoms with van der Waals surface area (Å²) in [5.74, 6) is 0.961. The van der Waals surface area contributed by atoms with E-state index >= 15 is 0 Å². The molecule has 3 aromatic heterocycles. The number of para-hydroxylation sites is 4. The van der Waals surface area contributed by atoms with Crippen LogP contribution in [0.5, 0.6) is 0 Å². The SMILES string of the molecule is [2H]c1c([2H])c([2H])c2c(c1[2H])c1c([2H])c([2H])c([2H])c([2H])c1n2-c1cc(-c2cccc3c2oc2ccccc23)ccc1-c1nc(-c2ccccc2)nc(-c2cccc(-c3ccccc3)c2)n1. The molecule has 0 fully saturated rings. The smallest absolute Gasteiger partial charge is 0.166 e. The summed E-state index contributed by atoms with van der Waals surface area (Å²) in [5.41, 5.74) is 6.78. The monoisotopic (exact) mass is 724 g/mol. The molecule has 0 radical (unpaired) electrons. The van der Waals surface area contributed by atoms with Crippen LogP contribution in [-0.2, 0) is 0 Å². The van der Waals surface area contributed by atoms with Gasteiger partial charge in [0.1, 0.15) is 11.2 Å². The molecule has 0 aliphatic carbocycles. The third-order valence-electron chi connectivity index (χ3n) is 10.1. The first-order valence-electron chi connectivity index (χ1n) is 22.1. The van der Waals surface area contributed by atoms with Crippen LogP contribution < -0.4 is 0 Å². The highest BCUT2D eigenvalue weighted by molar-refractivity contribution is 6.11. The fraction of sp³-hybridized carbons (Fsp3) is 0. The van der Waals surface area contributed by atoms with Crippen LogP contribution in [0.25, 0.3) is 106 Å². The highest BCUT2D eigenvalue weighted by atomic mass is 16.3. The van der Waals surface area contributed by atoms with Crippen LogP contribution in [0.15, 0.2) is 198 Å². The molecular formula is C51H32N4O. The second kappa shape index (κ2) is 13.0. The van der Waals surface area contributed by atoms with Gasteiger partial charge in [-0.1, -0.05) is 158 Å². The minimum Gasteiger partial charge on any atom is -0.455 e. The van der Waals surface area contributed by atoms with Gasteiger partial charge in [-0.3, -0.25) is 0 Å². The Balaban J connectivity index is 1.27. The molecule has 0 aliphatic rings. The lowest BCUT2D eigenvalue weighted by atomic mass is 9.99. The number of furan rings is 1. The van der Waals surface area contributed by atoms with Crippen molar-refractivity contribution in [3.8, 4) is 62.1 Å². The number of aromatic nitrogens is 4. The van der Waals surface area contributed by atoms with Crippen LogP contribution in [0.3, 0.4) is 0 Å². The molecule has 11 aromatic rings. The van der Waals surface area contributed by atoms with Gasteiger partial charge in [-0.15, -0.1) is 0 Å². The quantitative estimate of drug-likeness (QED) is 0.171. The first kappa shape index (κ1) is 24.6. The van der Waals surface area contributed by atoms with Crippen molar-refractivity contribution < 1.29 is 15.4 Å². The second-order valence-corrected chi connectivity index (χ2v) is 13.4. The van der Waals surface area contributed by atoms with Crippen LogP contribution in [-0.4, -0.2) is 19.5 Å². The van der Waals surface area contributed by atoms with Gasteiger partial charge in [0, 0.05) is 43.8 Å². The Kier molecular flexibility index (Phi) is 5.74. The molecule has 0 atom stereocenters. The summed E-state index contributed by atoms with van der Waals surface area (Å²) in [6.07, 6.45) is 0. The van der Waals surface area contributed by atoms with Crippen molar-refractivity contribution in [3.63, 3.8) is 0 Å². The predicted molar refractivity (Wildman–Crippen MR) is 229 cm³/mol. The molecule has 0 saturated carbocycles. The molecule has 56 heavy (non-hydrogen) atoms. The third-order valence-corrected chi connectivity index (χ3v) is 10.1. The molecule has 0 amide bonds. The van der Waals surface area contributed by atoms with Crippen molar-refractivity contribution in [2.75, 3.05) is 0 Å². The average Bonchev–Trinajstić information content (AvgIpc) is 3.91. The molecule has 8 aromatic carbocycles. The Morgan fingerprint density at radius 1 is 0.411 bits per heavy atom. The first-order chi connectivity index (χ1) is 31.1. The molecule has 0 bridgehead atoms. The normalized spacial score (nSPS) is 13.6. The van der Waals surface area contributed by atoms with E-state index in [9.17, 15) is 2.74 Å². The molecular weight excluding hydrogens is 685 g/mol. The topological polar surface area (TPSA) is 56.7 Å². The molecule has 11 rings (SSSR count). The molecule has 0 saturated heterocycles. The van der Waals surface area contributed by atoms with E-state index in [0.717, 1.165) is 38.6 Å². The fourth-order valence-electron chi connectivity index (χ4n) is 7.52. The zero-order chi connectivity index (χ0) is 44.0. The van der Waals surface area contributed by atoms with Crippen molar-refractivity contribution in [2.24, 2.45) is 0 Å². The summed E-state index contributed by atoms with van der Waals surface area (Å²) in [7, 11) is 0. The van der Waals surface area contributed by atoms with Crippen molar-refractivity contribution in [2.45, 2.75) is 0 Å². The van der Waals surface area contributed by atoms with Crippen molar-refractivity contribution in [3.05, 3.63) is 194 Å². The molecule has 5 heteroatoms. The van der Waals surface area contributed by atoms with Gasteiger partial charge in [0.2, 0.25) is 0 Å². The van der Waals surface area contributed by atoms with E-state index in [1.807, 2.05) is 146 Å². The van der Waals surface area contributed by atoms with Gasteiger partial charge in [0.15, 0.2) is 17.5 Å². The Bertz CT molecular complexity index is 3640. The minimum absolute atomic E-state index is 0.0264. The maximum absolute atomic E-state index is 9.36. The number of hydrogen-bond donors (Lipinski definition) is 0. The largest absolute Gasteiger partial charge is 0.455 e. The van der Waals surface area contributed by atoms with E-state index < -0.39 is 48.3 Å². The highest BCUT2D eigenvalue weighted by Crippen LogP contribution is 2.41. The van der Waals surface area contributed by atoms with E-state index in [1.165, 1.54) is 4.57 Å². The third kappa shape index (κ3) is 5.29. The second-order valence-electron chi connectivity index (χ2n) is 13.4. The summed E-state index contributed by atoms with van der Waals surface area (Å²) < 4.78 is 80.0. The van der Waals surface area contributed by atoms with Gasteiger partial charge in [-0.05, 0) is 53.0 Å². The molecule has 0 spiro atoms. The van der Waals surface area contributed by atoms with Gasteiger partial charge in [-0.2, -0.15) is 0 Å². The first-order valence-corrected chi connectivity index (χ1v) is 18.1. The summed E-state index contributed by atoms with van der Waals surface area (Å²) in [6.45, 7) is 0. The van der Waals surface area contributed by atoms with E-state index in [-0.39, 0.29) is 27.6 Å². The van der Waals surface area contributed by atoms with Gasteiger partial charge < -0.3 is 8.98 Å². The predicted octanol–water partition coefficient (Wildman–Crippen LogP) is 13.2. The number of fused-ring (bicyclic) bond motifs is 6. The van der Waals surface area contributed by atoms with E-state index in [2.05, 4.69) is 0 Å². The zero-order valence-corrected chi connectivity index (χ0v) is 29.6. The zero-order valence-electron chi connectivity index (χ0n) is 37.6. The Morgan fingerprint density at radius 3 is 1.77 bits per heavy atom. The van der Waals surface area contributed by atoms with Crippen LogP contribution in [0.4, 0.5) is 0 Å². The van der Waals surface area contributed by atoms with Crippen LogP contribution in [0.2, 0.25) is 0 Å². The van der Waals surface area contributed by atoms with Crippen LogP contribution >= 0.6 is 0 Å². The lowest BCUT2D eigenvalue weighted by Gasteiger charge is -2.16. The lowest BCUT2D eigenvalue weighted by Crippen LogP contribution is -2.04. The van der Waals surface area contributed by atoms with E-state index in [1.54, 1.807) is 0 Å². The number of benzene rings is 8. The summed E-state index contributed by atoms with van der Waals surface area (Å²) in [5, 5.41) is 1.75. The Labute approximate surface area is 334 Å². The number of rotatable bonds is 6. The minimum atomic E-state index is -0.526. The summed E-state index contributed by atoms with van der Waals surface area (Å²) >= 11 is 0. The Morgan fingerprint density at radius 2 is 1.00 bits per heavy atom. The van der Waals surface area contributed by atoms with Gasteiger partial charge in [0.25, 0.3) is 0 Å². The van der Waals surface area contributed by atoms with E-state index in [0.29, 0.717) is 39.6 Å². The highest BCUT2D eigenvalue weighted by Gasteiger charge is 2.21. The van der Waals surface area contributed by atoms with Crippen molar-refractivity contribution in [1.29, 1.82) is 0 Å². The average molecular weight is 725 g/mol. The maximum atomic E-state index is 9.36. The molecule has 262 valence electrons.